The third-order valence-electron chi connectivity index (χ3n) is 4.56. The fourth-order valence-electron chi connectivity index (χ4n) is 3.13. The minimum Gasteiger partial charge on any atom is -0.338 e. The largest absolute Gasteiger partial charge is 0.338 e. The van der Waals surface area contributed by atoms with Crippen molar-refractivity contribution in [2.24, 2.45) is 5.73 Å². The third-order valence-corrected chi connectivity index (χ3v) is 4.56. The summed E-state index contributed by atoms with van der Waals surface area (Å²) < 4.78 is 0. The van der Waals surface area contributed by atoms with Gasteiger partial charge in [0.15, 0.2) is 0 Å². The number of hydrogen-bond acceptors (Lipinski definition) is 2. The van der Waals surface area contributed by atoms with Crippen molar-refractivity contribution in [1.82, 2.24) is 4.90 Å². The van der Waals surface area contributed by atoms with Gasteiger partial charge in [-0.3, -0.25) is 4.79 Å². The Morgan fingerprint density at radius 3 is 2.63 bits per heavy atom. The lowest BCUT2D eigenvalue weighted by Crippen LogP contribution is -2.50. The molecule has 3 rings (SSSR count). The van der Waals surface area contributed by atoms with Crippen molar-refractivity contribution in [1.29, 1.82) is 0 Å². The number of aryl methyl sites for hydroxylation is 1. The molecule has 1 fully saturated rings. The average molecular weight is 258 g/mol. The Labute approximate surface area is 114 Å². The molecule has 1 amide bonds. The van der Waals surface area contributed by atoms with Crippen LogP contribution in [0, 0.1) is 0 Å². The maximum Gasteiger partial charge on any atom is 0.224 e. The number of nitrogens with two attached hydrogens (primary N) is 1. The minimum absolute atomic E-state index is 0.205. The van der Waals surface area contributed by atoms with Gasteiger partial charge in [-0.2, -0.15) is 0 Å². The van der Waals surface area contributed by atoms with Gasteiger partial charge >= 0.3 is 0 Å². The van der Waals surface area contributed by atoms with Gasteiger partial charge in [0.1, 0.15) is 0 Å². The zero-order valence-corrected chi connectivity index (χ0v) is 11.4. The first kappa shape index (κ1) is 12.7. The van der Waals surface area contributed by atoms with Gasteiger partial charge in [0, 0.05) is 25.0 Å². The summed E-state index contributed by atoms with van der Waals surface area (Å²) in [5, 5.41) is 0. The van der Waals surface area contributed by atoms with Crippen molar-refractivity contribution in [3.63, 3.8) is 0 Å². The summed E-state index contributed by atoms with van der Waals surface area (Å²) in [5.74, 6) is 0.235. The SMILES string of the molecule is NC1(CC(=O)N2CCCc3ccccc3C2)CCC1. The first-order chi connectivity index (χ1) is 9.16. The van der Waals surface area contributed by atoms with Gasteiger partial charge in [0.25, 0.3) is 0 Å². The second-order valence-corrected chi connectivity index (χ2v) is 6.08. The van der Waals surface area contributed by atoms with Crippen molar-refractivity contribution >= 4 is 5.91 Å². The van der Waals surface area contributed by atoms with Crippen molar-refractivity contribution in [3.05, 3.63) is 35.4 Å². The second kappa shape index (κ2) is 4.97. The highest BCUT2D eigenvalue weighted by Crippen LogP contribution is 2.33. The number of hydrogen-bond donors (Lipinski definition) is 1. The van der Waals surface area contributed by atoms with Crippen LogP contribution < -0.4 is 5.73 Å². The molecule has 0 bridgehead atoms. The highest BCUT2D eigenvalue weighted by molar-refractivity contribution is 5.77. The predicted molar refractivity (Wildman–Crippen MR) is 75.6 cm³/mol. The maximum atomic E-state index is 12.4. The minimum atomic E-state index is -0.205. The Hall–Kier alpha value is -1.35. The smallest absolute Gasteiger partial charge is 0.224 e. The number of carbonyl (C=O) groups is 1. The van der Waals surface area contributed by atoms with Gasteiger partial charge < -0.3 is 10.6 Å². The molecule has 1 aromatic rings. The molecule has 19 heavy (non-hydrogen) atoms. The first-order valence-electron chi connectivity index (χ1n) is 7.30. The van der Waals surface area contributed by atoms with Crippen LogP contribution in [0.1, 0.15) is 43.2 Å². The fourth-order valence-corrected chi connectivity index (χ4v) is 3.13. The summed E-state index contributed by atoms with van der Waals surface area (Å²) >= 11 is 0. The number of carbonyl (C=O) groups excluding carboxylic acids is 1. The molecule has 2 N–H and O–H groups in total. The lowest BCUT2D eigenvalue weighted by atomic mass is 9.75. The van der Waals surface area contributed by atoms with E-state index < -0.39 is 0 Å². The van der Waals surface area contributed by atoms with E-state index in [1.165, 1.54) is 17.5 Å². The molecule has 1 heterocycles. The van der Waals surface area contributed by atoms with Crippen LogP contribution in [0.4, 0.5) is 0 Å². The van der Waals surface area contributed by atoms with Gasteiger partial charge in [0.05, 0.1) is 0 Å². The summed E-state index contributed by atoms with van der Waals surface area (Å²) in [6, 6.07) is 8.46. The van der Waals surface area contributed by atoms with Crippen LogP contribution >= 0.6 is 0 Å². The summed E-state index contributed by atoms with van der Waals surface area (Å²) in [6.45, 7) is 1.62. The molecule has 1 aromatic carbocycles. The highest BCUT2D eigenvalue weighted by atomic mass is 16.2. The van der Waals surface area contributed by atoms with E-state index in [1.807, 2.05) is 4.90 Å². The van der Waals surface area contributed by atoms with E-state index in [2.05, 4.69) is 24.3 Å². The number of rotatable bonds is 2. The maximum absolute atomic E-state index is 12.4. The second-order valence-electron chi connectivity index (χ2n) is 6.08. The predicted octanol–water partition coefficient (Wildman–Crippen LogP) is 2.23. The summed E-state index contributed by atoms with van der Waals surface area (Å²) in [4.78, 5) is 14.4. The molecule has 2 aliphatic rings. The highest BCUT2D eigenvalue weighted by Gasteiger charge is 2.36. The Kier molecular flexibility index (Phi) is 3.31. The average Bonchev–Trinajstić information content (AvgIpc) is 2.58. The van der Waals surface area contributed by atoms with E-state index in [9.17, 15) is 4.79 Å². The van der Waals surface area contributed by atoms with E-state index >= 15 is 0 Å². The van der Waals surface area contributed by atoms with Gasteiger partial charge in [-0.05, 0) is 43.2 Å². The van der Waals surface area contributed by atoms with Crippen molar-refractivity contribution in [2.75, 3.05) is 6.54 Å². The number of nitrogens with zero attached hydrogens (tertiary/aromatic N) is 1. The molecule has 0 saturated heterocycles. The van der Waals surface area contributed by atoms with Gasteiger partial charge in [-0.25, -0.2) is 0 Å². The van der Waals surface area contributed by atoms with Crippen LogP contribution in [-0.2, 0) is 17.8 Å². The lowest BCUT2D eigenvalue weighted by Gasteiger charge is -2.38. The molecular formula is C16H22N2O. The Morgan fingerprint density at radius 1 is 1.21 bits per heavy atom. The Balaban J connectivity index is 1.70. The molecule has 0 aromatic heterocycles. The molecule has 1 aliphatic heterocycles. The van der Waals surface area contributed by atoms with E-state index in [-0.39, 0.29) is 11.4 Å². The molecular weight excluding hydrogens is 236 g/mol. The zero-order chi connectivity index (χ0) is 13.3. The molecule has 0 unspecified atom stereocenters. The summed E-state index contributed by atoms with van der Waals surface area (Å²) in [5.41, 5.74) is 8.68. The molecule has 3 nitrogen and oxygen atoms in total. The Morgan fingerprint density at radius 2 is 1.95 bits per heavy atom. The molecule has 1 saturated carbocycles. The standard InChI is InChI=1S/C16H22N2O/c17-16(8-4-9-16)11-15(19)18-10-3-7-13-5-1-2-6-14(13)12-18/h1-2,5-6H,3-4,7-12,17H2. The summed E-state index contributed by atoms with van der Waals surface area (Å²) in [7, 11) is 0. The normalized spacial score (nSPS) is 21.2. The fraction of sp³-hybridized carbons (Fsp3) is 0.562. The molecule has 0 spiro atoms. The lowest BCUT2D eigenvalue weighted by molar-refractivity contribution is -0.133. The first-order valence-corrected chi connectivity index (χ1v) is 7.30. The molecule has 3 heteroatoms. The van der Waals surface area contributed by atoms with Crippen LogP contribution in [0.5, 0.6) is 0 Å². The van der Waals surface area contributed by atoms with Gasteiger partial charge in [-0.15, -0.1) is 0 Å². The van der Waals surface area contributed by atoms with E-state index in [0.29, 0.717) is 6.42 Å². The van der Waals surface area contributed by atoms with Crippen molar-refractivity contribution in [2.45, 2.75) is 50.6 Å². The number of fused-ring (bicyclic) bond motifs is 1. The number of benzene rings is 1. The van der Waals surface area contributed by atoms with Crippen LogP contribution in [0.3, 0.4) is 0 Å². The molecule has 102 valence electrons. The van der Waals surface area contributed by atoms with Crippen molar-refractivity contribution in [3.8, 4) is 0 Å². The quantitative estimate of drug-likeness (QED) is 0.884. The van der Waals surface area contributed by atoms with E-state index in [0.717, 1.165) is 38.8 Å². The zero-order valence-electron chi connectivity index (χ0n) is 11.4. The third kappa shape index (κ3) is 2.66. The van der Waals surface area contributed by atoms with E-state index in [4.69, 9.17) is 5.73 Å². The van der Waals surface area contributed by atoms with Crippen LogP contribution in [-0.4, -0.2) is 22.9 Å². The van der Waals surface area contributed by atoms with Crippen LogP contribution in [0.15, 0.2) is 24.3 Å². The molecule has 1 aliphatic carbocycles. The summed E-state index contributed by atoms with van der Waals surface area (Å²) in [6.07, 6.45) is 5.84. The topological polar surface area (TPSA) is 46.3 Å². The van der Waals surface area contributed by atoms with Crippen molar-refractivity contribution < 1.29 is 4.79 Å². The monoisotopic (exact) mass is 258 g/mol. The van der Waals surface area contributed by atoms with Gasteiger partial charge in [0.2, 0.25) is 5.91 Å². The Bertz CT molecular complexity index is 479. The molecule has 0 radical (unpaired) electrons. The van der Waals surface area contributed by atoms with Crippen LogP contribution in [0.25, 0.3) is 0 Å². The van der Waals surface area contributed by atoms with E-state index in [1.54, 1.807) is 0 Å². The van der Waals surface area contributed by atoms with Gasteiger partial charge in [-0.1, -0.05) is 24.3 Å². The van der Waals surface area contributed by atoms with Crippen LogP contribution in [0.2, 0.25) is 0 Å². The molecule has 0 atom stereocenters. The number of amides is 1.